The molecule has 0 bridgehead atoms. The van der Waals surface area contributed by atoms with E-state index in [4.69, 9.17) is 16.3 Å². The van der Waals surface area contributed by atoms with Crippen molar-refractivity contribution in [2.45, 2.75) is 18.5 Å². The van der Waals surface area contributed by atoms with Crippen molar-refractivity contribution in [1.29, 1.82) is 0 Å². The highest BCUT2D eigenvalue weighted by atomic mass is 35.5. The number of carbonyl (C=O) groups excluding carboxylic acids is 1. The number of hydrogen-bond acceptors (Lipinski definition) is 5. The average molecular weight is 411 g/mol. The van der Waals surface area contributed by atoms with Crippen molar-refractivity contribution in [2.24, 2.45) is 0 Å². The van der Waals surface area contributed by atoms with Gasteiger partial charge in [0.1, 0.15) is 11.8 Å². The molecule has 8 nitrogen and oxygen atoms in total. The Kier molecular flexibility index (Phi) is 5.66. The van der Waals surface area contributed by atoms with E-state index in [9.17, 15) is 13.2 Å². The molecule has 1 aromatic carbocycles. The number of halogens is 1. The molecule has 144 valence electrons. The lowest BCUT2D eigenvalue weighted by atomic mass is 9.99. The smallest absolute Gasteiger partial charge is 0.280 e. The van der Waals surface area contributed by atoms with Crippen LogP contribution < -0.4 is 14.8 Å². The van der Waals surface area contributed by atoms with Gasteiger partial charge in [-0.3, -0.25) is 4.79 Å². The van der Waals surface area contributed by atoms with Crippen LogP contribution in [-0.2, 0) is 15.0 Å². The van der Waals surface area contributed by atoms with E-state index in [1.807, 2.05) is 0 Å². The summed E-state index contributed by atoms with van der Waals surface area (Å²) in [5.74, 6) is 0.186. The van der Waals surface area contributed by atoms with Crippen LogP contribution in [0.25, 0.3) is 0 Å². The Bertz CT molecular complexity index is 936. The third kappa shape index (κ3) is 4.22. The van der Waals surface area contributed by atoms with Crippen molar-refractivity contribution in [1.82, 2.24) is 14.0 Å². The molecule has 1 fully saturated rings. The highest BCUT2D eigenvalue weighted by molar-refractivity contribution is 7.87. The fourth-order valence-electron chi connectivity index (χ4n) is 2.86. The third-order valence-electron chi connectivity index (χ3n) is 4.41. The lowest BCUT2D eigenvalue weighted by molar-refractivity contribution is -0.120. The second-order valence-corrected chi connectivity index (χ2v) is 8.17. The van der Waals surface area contributed by atoms with Gasteiger partial charge in [0.15, 0.2) is 5.15 Å². The molecule has 2 atom stereocenters. The largest absolute Gasteiger partial charge is 0.497 e. The number of carbonyl (C=O) groups is 1. The van der Waals surface area contributed by atoms with Gasteiger partial charge in [0.2, 0.25) is 5.91 Å². The van der Waals surface area contributed by atoms with Gasteiger partial charge in [-0.1, -0.05) is 23.7 Å². The zero-order valence-electron chi connectivity index (χ0n) is 14.7. The SMILES string of the molecule is COc1ccc(C2CC(C(=O)Nc3cccnc3Cl)N(C)S(=O)(=O)N2)cc1. The number of ether oxygens (including phenoxy) is 1. The second-order valence-electron chi connectivity index (χ2n) is 6.05. The van der Waals surface area contributed by atoms with E-state index in [1.165, 1.54) is 13.2 Å². The zero-order valence-corrected chi connectivity index (χ0v) is 16.3. The first-order valence-electron chi connectivity index (χ1n) is 8.12. The van der Waals surface area contributed by atoms with E-state index >= 15 is 0 Å². The van der Waals surface area contributed by atoms with Gasteiger partial charge in [-0.2, -0.15) is 17.4 Å². The molecule has 0 aliphatic carbocycles. The number of nitrogens with one attached hydrogen (secondary N) is 2. The summed E-state index contributed by atoms with van der Waals surface area (Å²) in [5.41, 5.74) is 1.07. The maximum atomic E-state index is 12.7. The number of amides is 1. The van der Waals surface area contributed by atoms with Crippen LogP contribution in [0.4, 0.5) is 5.69 Å². The summed E-state index contributed by atoms with van der Waals surface area (Å²) in [6, 6.07) is 8.80. The van der Waals surface area contributed by atoms with Crippen LogP contribution in [0.1, 0.15) is 18.0 Å². The summed E-state index contributed by atoms with van der Waals surface area (Å²) in [7, 11) is -0.913. The van der Waals surface area contributed by atoms with Gasteiger partial charge in [0, 0.05) is 19.3 Å². The normalized spacial score (nSPS) is 22.2. The topological polar surface area (TPSA) is 101 Å². The minimum Gasteiger partial charge on any atom is -0.497 e. The number of hydrogen-bond donors (Lipinski definition) is 2. The van der Waals surface area contributed by atoms with Crippen LogP contribution in [-0.4, -0.2) is 43.8 Å². The van der Waals surface area contributed by atoms with Gasteiger partial charge in [0.25, 0.3) is 10.2 Å². The van der Waals surface area contributed by atoms with Crippen molar-refractivity contribution in [2.75, 3.05) is 19.5 Å². The van der Waals surface area contributed by atoms with Gasteiger partial charge in [-0.25, -0.2) is 4.98 Å². The summed E-state index contributed by atoms with van der Waals surface area (Å²) < 4.78 is 33.7. The molecule has 10 heteroatoms. The fraction of sp³-hybridized carbons (Fsp3) is 0.294. The summed E-state index contributed by atoms with van der Waals surface area (Å²) >= 11 is 5.97. The lowest BCUT2D eigenvalue weighted by Crippen LogP contribution is -2.55. The van der Waals surface area contributed by atoms with E-state index < -0.39 is 28.2 Å². The molecule has 2 N–H and O–H groups in total. The molecule has 1 amide bonds. The van der Waals surface area contributed by atoms with E-state index in [1.54, 1.807) is 43.5 Å². The summed E-state index contributed by atoms with van der Waals surface area (Å²) in [4.78, 5) is 16.6. The number of likely N-dealkylation sites (N-methyl/N-ethyl adjacent to an activating group) is 1. The summed E-state index contributed by atoms with van der Waals surface area (Å²) in [5, 5.41) is 2.79. The van der Waals surface area contributed by atoms with E-state index in [-0.39, 0.29) is 11.6 Å². The van der Waals surface area contributed by atoms with Gasteiger partial charge in [-0.05, 0) is 36.2 Å². The lowest BCUT2D eigenvalue weighted by Gasteiger charge is -2.36. The van der Waals surface area contributed by atoms with Gasteiger partial charge in [-0.15, -0.1) is 0 Å². The monoisotopic (exact) mass is 410 g/mol. The highest BCUT2D eigenvalue weighted by Crippen LogP contribution is 2.30. The molecular weight excluding hydrogens is 392 g/mol. The first kappa shape index (κ1) is 19.6. The highest BCUT2D eigenvalue weighted by Gasteiger charge is 2.40. The zero-order chi connectivity index (χ0) is 19.6. The van der Waals surface area contributed by atoms with E-state index in [0.717, 1.165) is 9.87 Å². The fourth-order valence-corrected chi connectivity index (χ4v) is 4.30. The minimum absolute atomic E-state index is 0.136. The molecule has 2 aromatic rings. The van der Waals surface area contributed by atoms with Crippen LogP contribution in [0.15, 0.2) is 42.6 Å². The van der Waals surface area contributed by atoms with Crippen molar-refractivity contribution in [3.8, 4) is 5.75 Å². The number of anilines is 1. The third-order valence-corrected chi connectivity index (χ3v) is 6.30. The van der Waals surface area contributed by atoms with Gasteiger partial charge < -0.3 is 10.1 Å². The van der Waals surface area contributed by atoms with Crippen LogP contribution in [0.3, 0.4) is 0 Å². The molecule has 1 aliphatic rings. The number of aromatic nitrogens is 1. The van der Waals surface area contributed by atoms with Crippen molar-refractivity contribution >= 4 is 33.4 Å². The second kappa shape index (κ2) is 7.81. The first-order valence-corrected chi connectivity index (χ1v) is 9.94. The number of pyridine rings is 1. The standard InChI is InChI=1S/C17H19ClN4O4S/c1-22-15(17(23)20-13-4-3-9-19-16(13)18)10-14(21-27(22,24)25)11-5-7-12(26-2)8-6-11/h3-9,14-15,21H,10H2,1-2H3,(H,20,23). The average Bonchev–Trinajstić information content (AvgIpc) is 2.65. The van der Waals surface area contributed by atoms with E-state index in [0.29, 0.717) is 11.4 Å². The molecule has 0 spiro atoms. The Morgan fingerprint density at radius 2 is 2.04 bits per heavy atom. The molecule has 1 saturated heterocycles. The Morgan fingerprint density at radius 3 is 2.67 bits per heavy atom. The number of nitrogens with zero attached hydrogens (tertiary/aromatic N) is 2. The minimum atomic E-state index is -3.83. The predicted molar refractivity (Wildman–Crippen MR) is 102 cm³/mol. The number of rotatable bonds is 4. The summed E-state index contributed by atoms with van der Waals surface area (Å²) in [6.07, 6.45) is 1.75. The molecular formula is C17H19ClN4O4S. The Hall–Kier alpha value is -2.20. The maximum absolute atomic E-state index is 12.7. The Labute approximate surface area is 162 Å². The van der Waals surface area contributed by atoms with Crippen LogP contribution in [0, 0.1) is 0 Å². The van der Waals surface area contributed by atoms with Crippen molar-refractivity contribution in [3.63, 3.8) is 0 Å². The van der Waals surface area contributed by atoms with Crippen LogP contribution in [0.5, 0.6) is 5.75 Å². The molecule has 3 rings (SSSR count). The molecule has 2 heterocycles. The first-order chi connectivity index (χ1) is 12.8. The number of methoxy groups -OCH3 is 1. The predicted octanol–water partition coefficient (Wildman–Crippen LogP) is 1.96. The van der Waals surface area contributed by atoms with Crippen molar-refractivity contribution < 1.29 is 17.9 Å². The van der Waals surface area contributed by atoms with Crippen molar-refractivity contribution in [3.05, 3.63) is 53.3 Å². The van der Waals surface area contributed by atoms with Crippen LogP contribution >= 0.6 is 11.6 Å². The molecule has 27 heavy (non-hydrogen) atoms. The maximum Gasteiger partial charge on any atom is 0.280 e. The quantitative estimate of drug-likeness (QED) is 0.750. The molecule has 2 unspecified atom stereocenters. The van der Waals surface area contributed by atoms with Crippen LogP contribution in [0.2, 0.25) is 5.15 Å². The van der Waals surface area contributed by atoms with Gasteiger partial charge in [0.05, 0.1) is 12.8 Å². The Balaban J connectivity index is 1.84. The number of benzene rings is 1. The summed E-state index contributed by atoms with van der Waals surface area (Å²) in [6.45, 7) is 0. The molecule has 1 aromatic heterocycles. The van der Waals surface area contributed by atoms with E-state index in [2.05, 4.69) is 15.0 Å². The molecule has 0 radical (unpaired) electrons. The molecule has 1 aliphatic heterocycles. The Morgan fingerprint density at radius 1 is 1.33 bits per heavy atom. The van der Waals surface area contributed by atoms with Gasteiger partial charge >= 0.3 is 0 Å². The molecule has 0 saturated carbocycles.